The third-order valence-electron chi connectivity index (χ3n) is 4.91. The van der Waals surface area contributed by atoms with Gasteiger partial charge in [-0.2, -0.15) is 9.29 Å². The Morgan fingerprint density at radius 2 is 1.72 bits per heavy atom. The smallest absolute Gasteiger partial charge is 0.258 e. The first-order chi connectivity index (χ1) is 13.6. The van der Waals surface area contributed by atoms with E-state index in [9.17, 15) is 8.42 Å². The number of hydrogen-bond donors (Lipinski definition) is 1. The van der Waals surface area contributed by atoms with Gasteiger partial charge in [-0.15, -0.1) is 12.4 Å². The van der Waals surface area contributed by atoms with Crippen molar-refractivity contribution < 1.29 is 12.9 Å². The highest BCUT2D eigenvalue weighted by molar-refractivity contribution is 7.89. The zero-order chi connectivity index (χ0) is 19.6. The summed E-state index contributed by atoms with van der Waals surface area (Å²) in [6, 6.07) is 14.3. The molecule has 2 heterocycles. The van der Waals surface area contributed by atoms with E-state index in [1.165, 1.54) is 0 Å². The molecule has 0 unspecified atom stereocenters. The second kappa shape index (κ2) is 9.04. The topological polar surface area (TPSA) is 102 Å². The Bertz CT molecular complexity index is 1060. The van der Waals surface area contributed by atoms with Gasteiger partial charge in [-0.1, -0.05) is 41.9 Å². The summed E-state index contributed by atoms with van der Waals surface area (Å²) in [5, 5.41) is 4.02. The summed E-state index contributed by atoms with van der Waals surface area (Å²) < 4.78 is 32.7. The lowest BCUT2D eigenvalue weighted by Crippen LogP contribution is -2.35. The Labute approximate surface area is 176 Å². The van der Waals surface area contributed by atoms with Crippen molar-refractivity contribution in [3.63, 3.8) is 0 Å². The molecule has 1 aliphatic heterocycles. The molecule has 1 fully saturated rings. The lowest BCUT2D eigenvalue weighted by atomic mass is 10.1. The molecular formula is C20H23ClN4O3S. The SMILES string of the molecule is Cl.NCc1ccc(-c2noc(-c3cccc(S(=O)(=O)N4CCCCC4)c3)n2)cc1. The number of sulfonamides is 1. The summed E-state index contributed by atoms with van der Waals surface area (Å²) in [6.45, 7) is 1.60. The van der Waals surface area contributed by atoms with Crippen molar-refractivity contribution in [1.29, 1.82) is 0 Å². The number of rotatable bonds is 5. The highest BCUT2D eigenvalue weighted by Gasteiger charge is 2.26. The maximum Gasteiger partial charge on any atom is 0.258 e. The molecule has 1 saturated heterocycles. The van der Waals surface area contributed by atoms with Gasteiger partial charge in [0.1, 0.15) is 0 Å². The van der Waals surface area contributed by atoms with Crippen LogP contribution in [0.4, 0.5) is 0 Å². The predicted molar refractivity (Wildman–Crippen MR) is 113 cm³/mol. The number of halogens is 1. The normalized spacial score (nSPS) is 15.1. The van der Waals surface area contributed by atoms with Crippen molar-refractivity contribution >= 4 is 22.4 Å². The standard InChI is InChI=1S/C20H22N4O3S.ClH/c21-14-15-7-9-16(10-8-15)19-22-20(27-23-19)17-5-4-6-18(13-17)28(25,26)24-11-2-1-3-12-24;/h4-10,13H,1-3,11-12,14,21H2;1H. The zero-order valence-electron chi connectivity index (χ0n) is 15.8. The van der Waals surface area contributed by atoms with Crippen molar-refractivity contribution in [2.45, 2.75) is 30.7 Å². The maximum absolute atomic E-state index is 12.9. The monoisotopic (exact) mass is 434 g/mol. The van der Waals surface area contributed by atoms with E-state index >= 15 is 0 Å². The van der Waals surface area contributed by atoms with Crippen LogP contribution in [-0.4, -0.2) is 36.0 Å². The molecule has 29 heavy (non-hydrogen) atoms. The van der Waals surface area contributed by atoms with Gasteiger partial charge in [0, 0.05) is 30.8 Å². The average molecular weight is 435 g/mol. The first kappa shape index (κ1) is 21.4. The van der Waals surface area contributed by atoms with Gasteiger partial charge in [0.2, 0.25) is 15.8 Å². The van der Waals surface area contributed by atoms with Crippen LogP contribution >= 0.6 is 12.4 Å². The molecule has 1 aromatic heterocycles. The van der Waals surface area contributed by atoms with E-state index in [0.717, 1.165) is 30.4 Å². The van der Waals surface area contributed by atoms with Crippen molar-refractivity contribution in [2.24, 2.45) is 5.73 Å². The van der Waals surface area contributed by atoms with Crippen molar-refractivity contribution in [1.82, 2.24) is 14.4 Å². The van der Waals surface area contributed by atoms with E-state index < -0.39 is 10.0 Å². The molecular weight excluding hydrogens is 412 g/mol. The van der Waals surface area contributed by atoms with Gasteiger partial charge in [-0.3, -0.25) is 0 Å². The Morgan fingerprint density at radius 3 is 2.41 bits per heavy atom. The molecule has 2 N–H and O–H groups in total. The fraction of sp³-hybridized carbons (Fsp3) is 0.300. The molecule has 0 spiro atoms. The maximum atomic E-state index is 12.9. The number of hydrogen-bond acceptors (Lipinski definition) is 6. The summed E-state index contributed by atoms with van der Waals surface area (Å²) in [5.41, 5.74) is 8.02. The van der Waals surface area contributed by atoms with Crippen LogP contribution in [0.25, 0.3) is 22.8 Å². The molecule has 0 atom stereocenters. The summed E-state index contributed by atoms with van der Waals surface area (Å²) in [5.74, 6) is 0.733. The first-order valence-corrected chi connectivity index (χ1v) is 10.8. The highest BCUT2D eigenvalue weighted by atomic mass is 35.5. The molecule has 9 heteroatoms. The largest absolute Gasteiger partial charge is 0.334 e. The Morgan fingerprint density at radius 1 is 1.00 bits per heavy atom. The van der Waals surface area contributed by atoms with E-state index in [1.54, 1.807) is 28.6 Å². The molecule has 0 bridgehead atoms. The van der Waals surface area contributed by atoms with E-state index in [2.05, 4.69) is 10.1 Å². The summed E-state index contributed by atoms with van der Waals surface area (Å²) >= 11 is 0. The molecule has 2 aromatic carbocycles. The molecule has 0 radical (unpaired) electrons. The minimum Gasteiger partial charge on any atom is -0.334 e. The van der Waals surface area contributed by atoms with Crippen LogP contribution in [0.5, 0.6) is 0 Å². The van der Waals surface area contributed by atoms with Crippen LogP contribution in [0.3, 0.4) is 0 Å². The minimum atomic E-state index is -3.51. The van der Waals surface area contributed by atoms with Crippen LogP contribution in [0.1, 0.15) is 24.8 Å². The molecule has 0 amide bonds. The van der Waals surface area contributed by atoms with Gasteiger partial charge in [0.15, 0.2) is 0 Å². The lowest BCUT2D eigenvalue weighted by molar-refractivity contribution is 0.346. The van der Waals surface area contributed by atoms with Crippen molar-refractivity contribution in [3.8, 4) is 22.8 Å². The number of nitrogens with two attached hydrogens (primary N) is 1. The Kier molecular flexibility index (Phi) is 6.69. The van der Waals surface area contributed by atoms with E-state index in [0.29, 0.717) is 31.0 Å². The molecule has 3 aromatic rings. The number of piperidine rings is 1. The van der Waals surface area contributed by atoms with Gasteiger partial charge >= 0.3 is 0 Å². The molecule has 0 aliphatic carbocycles. The molecule has 1 aliphatic rings. The predicted octanol–water partition coefficient (Wildman–Crippen LogP) is 3.46. The second-order valence-corrected chi connectivity index (χ2v) is 8.75. The van der Waals surface area contributed by atoms with E-state index in [1.807, 2.05) is 24.3 Å². The fourth-order valence-electron chi connectivity index (χ4n) is 3.29. The zero-order valence-corrected chi connectivity index (χ0v) is 17.5. The van der Waals surface area contributed by atoms with Crippen molar-refractivity contribution in [3.05, 3.63) is 54.1 Å². The van der Waals surface area contributed by atoms with E-state index in [-0.39, 0.29) is 23.2 Å². The Hall–Kier alpha value is -2.26. The number of nitrogens with zero attached hydrogens (tertiary/aromatic N) is 3. The van der Waals surface area contributed by atoms with Gasteiger partial charge in [-0.05, 0) is 36.6 Å². The number of aromatic nitrogens is 2. The summed E-state index contributed by atoms with van der Waals surface area (Å²) in [4.78, 5) is 4.67. The summed E-state index contributed by atoms with van der Waals surface area (Å²) in [6.07, 6.45) is 2.87. The fourth-order valence-corrected chi connectivity index (χ4v) is 4.86. The first-order valence-electron chi connectivity index (χ1n) is 9.31. The van der Waals surface area contributed by atoms with Gasteiger partial charge < -0.3 is 10.3 Å². The van der Waals surface area contributed by atoms with Crippen LogP contribution in [-0.2, 0) is 16.6 Å². The van der Waals surface area contributed by atoms with Gasteiger partial charge in [-0.25, -0.2) is 8.42 Å². The second-order valence-electron chi connectivity index (χ2n) is 6.82. The molecule has 154 valence electrons. The average Bonchev–Trinajstić information content (AvgIpc) is 3.25. The lowest BCUT2D eigenvalue weighted by Gasteiger charge is -2.25. The van der Waals surface area contributed by atoms with E-state index in [4.69, 9.17) is 10.3 Å². The van der Waals surface area contributed by atoms with Gasteiger partial charge in [0.05, 0.1) is 4.90 Å². The minimum absolute atomic E-state index is 0. The molecule has 0 saturated carbocycles. The molecule has 4 rings (SSSR count). The highest BCUT2D eigenvalue weighted by Crippen LogP contribution is 2.27. The van der Waals surface area contributed by atoms with Crippen LogP contribution in [0.15, 0.2) is 57.9 Å². The quantitative estimate of drug-likeness (QED) is 0.659. The number of benzene rings is 2. The van der Waals surface area contributed by atoms with Crippen LogP contribution in [0.2, 0.25) is 0 Å². The third-order valence-corrected chi connectivity index (χ3v) is 6.80. The third kappa shape index (κ3) is 4.51. The van der Waals surface area contributed by atoms with Crippen LogP contribution in [0, 0.1) is 0 Å². The Balaban J connectivity index is 0.00000240. The van der Waals surface area contributed by atoms with Gasteiger partial charge in [0.25, 0.3) is 5.89 Å². The molecule has 7 nitrogen and oxygen atoms in total. The summed E-state index contributed by atoms with van der Waals surface area (Å²) in [7, 11) is -3.51. The van der Waals surface area contributed by atoms with Crippen LogP contribution < -0.4 is 5.73 Å². The van der Waals surface area contributed by atoms with Crippen molar-refractivity contribution in [2.75, 3.05) is 13.1 Å².